The molecule has 2 aromatic carbocycles. The Kier molecular flexibility index (Phi) is 4.26. The molecule has 0 saturated carbocycles. The number of likely N-dealkylation sites (N-methyl/N-ethyl adjacent to an activating group) is 1. The zero-order chi connectivity index (χ0) is 14.5. The lowest BCUT2D eigenvalue weighted by Gasteiger charge is -2.11. The van der Waals surface area contributed by atoms with Crippen LogP contribution in [0.1, 0.15) is 11.1 Å². The Labute approximate surface area is 124 Å². The molecule has 4 heteroatoms. The standard InChI is InChI=1S/C17H19NO3/c1-18-9-8-13-4-2-3-5-14(13)11-19-15-6-7-16-17(10-15)21-12-20-16/h2-7,10,18H,8-9,11-12H2,1H3. The molecule has 0 radical (unpaired) electrons. The van der Waals surface area contributed by atoms with Crippen LogP contribution in [0, 0.1) is 0 Å². The van der Waals surface area contributed by atoms with E-state index in [0.717, 1.165) is 30.2 Å². The molecule has 0 aliphatic carbocycles. The number of nitrogens with one attached hydrogen (secondary N) is 1. The third kappa shape index (κ3) is 3.28. The summed E-state index contributed by atoms with van der Waals surface area (Å²) in [4.78, 5) is 0. The summed E-state index contributed by atoms with van der Waals surface area (Å²) in [5.74, 6) is 2.32. The highest BCUT2D eigenvalue weighted by molar-refractivity contribution is 5.47. The summed E-state index contributed by atoms with van der Waals surface area (Å²) in [5, 5.41) is 3.17. The second-order valence-corrected chi connectivity index (χ2v) is 4.93. The SMILES string of the molecule is CNCCc1ccccc1COc1ccc2c(c1)OCO2. The molecule has 1 aliphatic rings. The van der Waals surface area contributed by atoms with Gasteiger partial charge in [-0.1, -0.05) is 24.3 Å². The van der Waals surface area contributed by atoms with Crippen LogP contribution in [0.3, 0.4) is 0 Å². The normalized spacial score (nSPS) is 12.4. The first-order valence-electron chi connectivity index (χ1n) is 7.10. The molecule has 110 valence electrons. The highest BCUT2D eigenvalue weighted by Gasteiger charge is 2.13. The highest BCUT2D eigenvalue weighted by atomic mass is 16.7. The molecule has 2 aromatic rings. The van der Waals surface area contributed by atoms with Gasteiger partial charge in [-0.2, -0.15) is 0 Å². The van der Waals surface area contributed by atoms with Gasteiger partial charge in [0, 0.05) is 6.07 Å². The minimum absolute atomic E-state index is 0.283. The van der Waals surface area contributed by atoms with Crippen LogP contribution in [0.5, 0.6) is 17.2 Å². The van der Waals surface area contributed by atoms with E-state index in [9.17, 15) is 0 Å². The van der Waals surface area contributed by atoms with Crippen LogP contribution in [0.15, 0.2) is 42.5 Å². The minimum atomic E-state index is 0.283. The van der Waals surface area contributed by atoms with Gasteiger partial charge >= 0.3 is 0 Å². The predicted molar refractivity (Wildman–Crippen MR) is 81.0 cm³/mol. The van der Waals surface area contributed by atoms with E-state index in [2.05, 4.69) is 23.5 Å². The van der Waals surface area contributed by atoms with Gasteiger partial charge in [0.2, 0.25) is 6.79 Å². The summed E-state index contributed by atoms with van der Waals surface area (Å²) in [7, 11) is 1.96. The molecule has 1 N–H and O–H groups in total. The van der Waals surface area contributed by atoms with E-state index in [0.29, 0.717) is 6.61 Å². The fourth-order valence-electron chi connectivity index (χ4n) is 2.33. The van der Waals surface area contributed by atoms with Crippen molar-refractivity contribution in [2.75, 3.05) is 20.4 Å². The summed E-state index contributed by atoms with van der Waals surface area (Å²) < 4.78 is 16.5. The third-order valence-corrected chi connectivity index (χ3v) is 3.50. The number of fused-ring (bicyclic) bond motifs is 1. The predicted octanol–water partition coefficient (Wildman–Crippen LogP) is 2.76. The largest absolute Gasteiger partial charge is 0.489 e. The van der Waals surface area contributed by atoms with Crippen LogP contribution in [0.2, 0.25) is 0 Å². The summed E-state index contributed by atoms with van der Waals surface area (Å²) in [5.41, 5.74) is 2.53. The quantitative estimate of drug-likeness (QED) is 0.886. The lowest BCUT2D eigenvalue weighted by Crippen LogP contribution is -2.12. The van der Waals surface area contributed by atoms with Crippen molar-refractivity contribution in [2.45, 2.75) is 13.0 Å². The van der Waals surface area contributed by atoms with Crippen molar-refractivity contribution in [3.05, 3.63) is 53.6 Å². The third-order valence-electron chi connectivity index (χ3n) is 3.50. The van der Waals surface area contributed by atoms with E-state index >= 15 is 0 Å². The van der Waals surface area contributed by atoms with Gasteiger partial charge < -0.3 is 19.5 Å². The Morgan fingerprint density at radius 2 is 1.86 bits per heavy atom. The zero-order valence-corrected chi connectivity index (χ0v) is 12.1. The molecule has 1 aliphatic heterocycles. The monoisotopic (exact) mass is 285 g/mol. The highest BCUT2D eigenvalue weighted by Crippen LogP contribution is 2.35. The number of ether oxygens (including phenoxy) is 3. The molecule has 4 nitrogen and oxygen atoms in total. The van der Waals surface area contributed by atoms with E-state index in [1.54, 1.807) is 0 Å². The van der Waals surface area contributed by atoms with Crippen molar-refractivity contribution in [3.63, 3.8) is 0 Å². The molecule has 0 atom stereocenters. The summed E-state index contributed by atoms with van der Waals surface area (Å²) >= 11 is 0. The summed E-state index contributed by atoms with van der Waals surface area (Å²) in [6, 6.07) is 14.0. The molecule has 0 amide bonds. The number of rotatable bonds is 6. The fraction of sp³-hybridized carbons (Fsp3) is 0.294. The van der Waals surface area contributed by atoms with Crippen molar-refractivity contribution in [2.24, 2.45) is 0 Å². The van der Waals surface area contributed by atoms with Gasteiger partial charge in [0.25, 0.3) is 0 Å². The molecular weight excluding hydrogens is 266 g/mol. The van der Waals surface area contributed by atoms with Crippen LogP contribution < -0.4 is 19.5 Å². The minimum Gasteiger partial charge on any atom is -0.489 e. The Balaban J connectivity index is 1.67. The van der Waals surface area contributed by atoms with Gasteiger partial charge in [-0.25, -0.2) is 0 Å². The number of hydrogen-bond acceptors (Lipinski definition) is 4. The number of hydrogen-bond donors (Lipinski definition) is 1. The first-order valence-corrected chi connectivity index (χ1v) is 7.10. The Morgan fingerprint density at radius 1 is 1.05 bits per heavy atom. The molecule has 0 fully saturated rings. The maximum Gasteiger partial charge on any atom is 0.231 e. The van der Waals surface area contributed by atoms with Gasteiger partial charge in [0.05, 0.1) is 0 Å². The molecule has 0 unspecified atom stereocenters. The van der Waals surface area contributed by atoms with Gasteiger partial charge in [-0.05, 0) is 43.3 Å². The molecule has 1 heterocycles. The number of benzene rings is 2. The molecule has 3 rings (SSSR count). The van der Waals surface area contributed by atoms with Crippen LogP contribution in [-0.2, 0) is 13.0 Å². The summed E-state index contributed by atoms with van der Waals surface area (Å²) in [6.07, 6.45) is 0.997. The molecule has 0 aromatic heterocycles. The average molecular weight is 285 g/mol. The maximum absolute atomic E-state index is 5.88. The van der Waals surface area contributed by atoms with Crippen molar-refractivity contribution in [1.29, 1.82) is 0 Å². The first-order chi connectivity index (χ1) is 10.4. The van der Waals surface area contributed by atoms with Crippen LogP contribution in [-0.4, -0.2) is 20.4 Å². The lowest BCUT2D eigenvalue weighted by molar-refractivity contribution is 0.173. The molecule has 0 saturated heterocycles. The van der Waals surface area contributed by atoms with E-state index in [1.807, 2.05) is 31.3 Å². The van der Waals surface area contributed by atoms with E-state index in [1.165, 1.54) is 11.1 Å². The molecule has 0 bridgehead atoms. The van der Waals surface area contributed by atoms with Crippen molar-refractivity contribution in [1.82, 2.24) is 5.32 Å². The molecule has 21 heavy (non-hydrogen) atoms. The van der Waals surface area contributed by atoms with Crippen molar-refractivity contribution >= 4 is 0 Å². The van der Waals surface area contributed by atoms with Crippen molar-refractivity contribution in [3.8, 4) is 17.2 Å². The van der Waals surface area contributed by atoms with Crippen LogP contribution in [0.4, 0.5) is 0 Å². The second-order valence-electron chi connectivity index (χ2n) is 4.93. The maximum atomic E-state index is 5.88. The van der Waals surface area contributed by atoms with Gasteiger partial charge in [-0.3, -0.25) is 0 Å². The summed E-state index contributed by atoms with van der Waals surface area (Å²) in [6.45, 7) is 1.80. The average Bonchev–Trinajstić information content (AvgIpc) is 2.99. The lowest BCUT2D eigenvalue weighted by atomic mass is 10.1. The van der Waals surface area contributed by atoms with Crippen molar-refractivity contribution < 1.29 is 14.2 Å². The van der Waals surface area contributed by atoms with Gasteiger partial charge in [-0.15, -0.1) is 0 Å². The topological polar surface area (TPSA) is 39.7 Å². The zero-order valence-electron chi connectivity index (χ0n) is 12.1. The van der Waals surface area contributed by atoms with Gasteiger partial charge in [0.1, 0.15) is 12.4 Å². The van der Waals surface area contributed by atoms with Gasteiger partial charge in [0.15, 0.2) is 11.5 Å². The van der Waals surface area contributed by atoms with Crippen LogP contribution >= 0.6 is 0 Å². The second kappa shape index (κ2) is 6.50. The van der Waals surface area contributed by atoms with Crippen LogP contribution in [0.25, 0.3) is 0 Å². The Hall–Kier alpha value is -2.20. The molecular formula is C17H19NO3. The Bertz CT molecular complexity index is 613. The van der Waals surface area contributed by atoms with E-state index in [4.69, 9.17) is 14.2 Å². The Morgan fingerprint density at radius 3 is 2.71 bits per heavy atom. The molecule has 0 spiro atoms. The smallest absolute Gasteiger partial charge is 0.231 e. The van der Waals surface area contributed by atoms with E-state index in [-0.39, 0.29) is 6.79 Å². The van der Waals surface area contributed by atoms with E-state index < -0.39 is 0 Å². The first kappa shape index (κ1) is 13.8. The fourth-order valence-corrected chi connectivity index (χ4v) is 2.33.